The van der Waals surface area contributed by atoms with Crippen molar-refractivity contribution in [1.29, 1.82) is 0 Å². The van der Waals surface area contributed by atoms with Crippen molar-refractivity contribution in [1.82, 2.24) is 4.98 Å². The van der Waals surface area contributed by atoms with Crippen LogP contribution in [-0.4, -0.2) is 23.6 Å². The van der Waals surface area contributed by atoms with E-state index in [1.165, 1.54) is 6.42 Å². The number of anilines is 2. The fourth-order valence-electron chi connectivity index (χ4n) is 2.20. The Labute approximate surface area is 104 Å². The van der Waals surface area contributed by atoms with E-state index in [1.54, 1.807) is 0 Å². The molecule has 1 saturated heterocycles. The average Bonchev–Trinajstić information content (AvgIpc) is 2.63. The van der Waals surface area contributed by atoms with Crippen LogP contribution in [0.1, 0.15) is 34.1 Å². The van der Waals surface area contributed by atoms with Crippen LogP contribution in [0.5, 0.6) is 0 Å². The molecule has 1 unspecified atom stereocenters. The number of hydrogen-bond donors (Lipinski definition) is 1. The second-order valence-corrected chi connectivity index (χ2v) is 6.10. The molecule has 0 radical (unpaired) electrons. The second-order valence-electron chi connectivity index (χ2n) is 6.10. The lowest BCUT2D eigenvalue weighted by atomic mass is 10.1. The third-order valence-corrected chi connectivity index (χ3v) is 2.99. The molecule has 1 aromatic heterocycles. The van der Waals surface area contributed by atoms with E-state index >= 15 is 0 Å². The van der Waals surface area contributed by atoms with Crippen molar-refractivity contribution in [3.63, 3.8) is 0 Å². The lowest BCUT2D eigenvalue weighted by Gasteiger charge is -2.23. The van der Waals surface area contributed by atoms with Gasteiger partial charge in [0.15, 0.2) is 0 Å². The Hall–Kier alpha value is -1.25. The van der Waals surface area contributed by atoms with Gasteiger partial charge >= 0.3 is 0 Å². The van der Waals surface area contributed by atoms with Crippen LogP contribution < -0.4 is 10.2 Å². The van der Waals surface area contributed by atoms with Gasteiger partial charge in [-0.1, -0.05) is 13.0 Å². The molecule has 2 heterocycles. The minimum absolute atomic E-state index is 0.0594. The Kier molecular flexibility index (Phi) is 3.27. The van der Waals surface area contributed by atoms with E-state index in [4.69, 9.17) is 0 Å². The average molecular weight is 233 g/mol. The van der Waals surface area contributed by atoms with Gasteiger partial charge < -0.3 is 10.2 Å². The first kappa shape index (κ1) is 12.2. The lowest BCUT2D eigenvalue weighted by Crippen LogP contribution is -2.27. The molecule has 1 aliphatic heterocycles. The minimum Gasteiger partial charge on any atom is -0.365 e. The zero-order chi connectivity index (χ0) is 12.5. The molecule has 1 aromatic rings. The van der Waals surface area contributed by atoms with Gasteiger partial charge in [0, 0.05) is 18.6 Å². The van der Waals surface area contributed by atoms with Crippen molar-refractivity contribution >= 4 is 11.6 Å². The van der Waals surface area contributed by atoms with Gasteiger partial charge in [0.25, 0.3) is 0 Å². The summed E-state index contributed by atoms with van der Waals surface area (Å²) in [6.07, 6.45) is 1.28. The molecule has 3 heteroatoms. The standard InChI is InChI=1S/C14H23N3/c1-11-8-9-17(10-11)13-7-5-6-12(15-13)16-14(2,3)4/h5-7,11H,8-10H2,1-4H3,(H,15,16). The van der Waals surface area contributed by atoms with E-state index in [2.05, 4.69) is 55.0 Å². The minimum atomic E-state index is 0.0594. The summed E-state index contributed by atoms with van der Waals surface area (Å²) >= 11 is 0. The molecule has 3 nitrogen and oxygen atoms in total. The summed E-state index contributed by atoms with van der Waals surface area (Å²) in [6.45, 7) is 11.0. The largest absolute Gasteiger partial charge is 0.365 e. The molecule has 0 spiro atoms. The number of aromatic nitrogens is 1. The predicted molar refractivity (Wildman–Crippen MR) is 73.6 cm³/mol. The van der Waals surface area contributed by atoms with Gasteiger partial charge in [0.2, 0.25) is 0 Å². The van der Waals surface area contributed by atoms with Crippen LogP contribution in [0.15, 0.2) is 18.2 Å². The highest BCUT2D eigenvalue weighted by Crippen LogP contribution is 2.23. The molecule has 1 atom stereocenters. The molecule has 2 rings (SSSR count). The highest BCUT2D eigenvalue weighted by Gasteiger charge is 2.20. The Morgan fingerprint density at radius 2 is 2.12 bits per heavy atom. The van der Waals surface area contributed by atoms with Crippen LogP contribution in [0.2, 0.25) is 0 Å². The molecule has 1 aliphatic rings. The van der Waals surface area contributed by atoms with Gasteiger partial charge in [-0.15, -0.1) is 0 Å². The SMILES string of the molecule is CC1CCN(c2cccc(NC(C)(C)C)n2)C1. The zero-order valence-electron chi connectivity index (χ0n) is 11.3. The summed E-state index contributed by atoms with van der Waals surface area (Å²) in [6, 6.07) is 6.22. The van der Waals surface area contributed by atoms with Gasteiger partial charge in [-0.3, -0.25) is 0 Å². The van der Waals surface area contributed by atoms with Crippen molar-refractivity contribution in [2.24, 2.45) is 5.92 Å². The smallest absolute Gasteiger partial charge is 0.130 e. The van der Waals surface area contributed by atoms with Crippen molar-refractivity contribution in [2.45, 2.75) is 39.7 Å². The molecule has 0 aliphatic carbocycles. The van der Waals surface area contributed by atoms with E-state index in [1.807, 2.05) is 6.07 Å². The van der Waals surface area contributed by atoms with Gasteiger partial charge in [0.05, 0.1) is 0 Å². The predicted octanol–water partition coefficient (Wildman–Crippen LogP) is 3.14. The second kappa shape index (κ2) is 4.55. The molecule has 1 fully saturated rings. The number of pyridine rings is 1. The molecular weight excluding hydrogens is 210 g/mol. The van der Waals surface area contributed by atoms with Crippen LogP contribution >= 0.6 is 0 Å². The first-order chi connectivity index (χ1) is 7.94. The van der Waals surface area contributed by atoms with Crippen LogP contribution in [0.3, 0.4) is 0 Å². The van der Waals surface area contributed by atoms with Crippen molar-refractivity contribution in [3.05, 3.63) is 18.2 Å². The number of hydrogen-bond acceptors (Lipinski definition) is 3. The molecule has 17 heavy (non-hydrogen) atoms. The van der Waals surface area contributed by atoms with Crippen LogP contribution in [0.4, 0.5) is 11.6 Å². The number of rotatable bonds is 2. The van der Waals surface area contributed by atoms with E-state index < -0.39 is 0 Å². The maximum atomic E-state index is 4.69. The van der Waals surface area contributed by atoms with Crippen LogP contribution in [0, 0.1) is 5.92 Å². The fourth-order valence-corrected chi connectivity index (χ4v) is 2.20. The summed E-state index contributed by atoms with van der Waals surface area (Å²) in [5.41, 5.74) is 0.0594. The molecule has 0 saturated carbocycles. The van der Waals surface area contributed by atoms with Crippen molar-refractivity contribution < 1.29 is 0 Å². The molecule has 94 valence electrons. The van der Waals surface area contributed by atoms with Crippen LogP contribution in [0.25, 0.3) is 0 Å². The van der Waals surface area contributed by atoms with E-state index in [-0.39, 0.29) is 5.54 Å². The fraction of sp³-hybridized carbons (Fsp3) is 0.643. The summed E-state index contributed by atoms with van der Waals surface area (Å²) < 4.78 is 0. The van der Waals surface area contributed by atoms with Crippen molar-refractivity contribution in [2.75, 3.05) is 23.3 Å². The van der Waals surface area contributed by atoms with Crippen LogP contribution in [-0.2, 0) is 0 Å². The maximum absolute atomic E-state index is 4.69. The monoisotopic (exact) mass is 233 g/mol. The normalized spacial score (nSPS) is 20.7. The molecule has 0 aromatic carbocycles. The molecule has 0 amide bonds. The Bertz CT molecular complexity index is 381. The lowest BCUT2D eigenvalue weighted by molar-refractivity contribution is 0.630. The Morgan fingerprint density at radius 1 is 1.35 bits per heavy atom. The first-order valence-electron chi connectivity index (χ1n) is 6.44. The van der Waals surface area contributed by atoms with Crippen molar-refractivity contribution in [3.8, 4) is 0 Å². The summed E-state index contributed by atoms with van der Waals surface area (Å²) in [5.74, 6) is 2.86. The third-order valence-electron chi connectivity index (χ3n) is 2.99. The summed E-state index contributed by atoms with van der Waals surface area (Å²) in [5, 5.41) is 3.42. The Morgan fingerprint density at radius 3 is 2.71 bits per heavy atom. The zero-order valence-corrected chi connectivity index (χ0v) is 11.3. The highest BCUT2D eigenvalue weighted by molar-refractivity contribution is 5.48. The van der Waals surface area contributed by atoms with Gasteiger partial charge in [-0.05, 0) is 45.2 Å². The topological polar surface area (TPSA) is 28.2 Å². The first-order valence-corrected chi connectivity index (χ1v) is 6.44. The van der Waals surface area contributed by atoms with E-state index in [0.29, 0.717) is 0 Å². The molecular formula is C14H23N3. The maximum Gasteiger partial charge on any atom is 0.130 e. The van der Waals surface area contributed by atoms with E-state index in [0.717, 1.165) is 30.6 Å². The highest BCUT2D eigenvalue weighted by atomic mass is 15.2. The van der Waals surface area contributed by atoms with Gasteiger partial charge in [-0.2, -0.15) is 0 Å². The third kappa shape index (κ3) is 3.35. The van der Waals surface area contributed by atoms with Gasteiger partial charge in [-0.25, -0.2) is 4.98 Å². The Balaban J connectivity index is 2.11. The summed E-state index contributed by atoms with van der Waals surface area (Å²) in [4.78, 5) is 7.06. The quantitative estimate of drug-likeness (QED) is 0.850. The molecule has 1 N–H and O–H groups in total. The van der Waals surface area contributed by atoms with E-state index in [9.17, 15) is 0 Å². The summed E-state index contributed by atoms with van der Waals surface area (Å²) in [7, 11) is 0. The van der Waals surface area contributed by atoms with Gasteiger partial charge in [0.1, 0.15) is 11.6 Å². The number of nitrogens with zero attached hydrogens (tertiary/aromatic N) is 2. The number of nitrogens with one attached hydrogen (secondary N) is 1. The molecule has 0 bridgehead atoms.